The molecule has 0 radical (unpaired) electrons. The molecule has 0 spiro atoms. The van der Waals surface area contributed by atoms with Crippen molar-refractivity contribution < 1.29 is 42.4 Å². The van der Waals surface area contributed by atoms with Crippen LogP contribution in [0.15, 0.2) is 12.2 Å². The molecule has 0 saturated carbocycles. The Bertz CT molecular complexity index is 865. The number of hydrogen-bond acceptors (Lipinski definition) is 7. The van der Waals surface area contributed by atoms with Crippen molar-refractivity contribution in [3.8, 4) is 0 Å². The Morgan fingerprint density at radius 3 is 1.56 bits per heavy atom. The summed E-state index contributed by atoms with van der Waals surface area (Å²) in [5, 5.41) is 10.4. The van der Waals surface area contributed by atoms with E-state index in [0.29, 0.717) is 17.4 Å². The lowest BCUT2D eigenvalue weighted by Gasteiger charge is -2.24. The molecular weight excluding hydrogens is 677 g/mol. The molecule has 0 aliphatic heterocycles. The summed E-state index contributed by atoms with van der Waals surface area (Å²) < 4.78 is 34.6. The van der Waals surface area contributed by atoms with Gasteiger partial charge in [0.2, 0.25) is 0 Å². The van der Waals surface area contributed by atoms with Crippen molar-refractivity contribution in [3.63, 3.8) is 0 Å². The first-order valence-corrected chi connectivity index (χ1v) is 23.0. The van der Waals surface area contributed by atoms with Gasteiger partial charge in [-0.3, -0.25) is 13.8 Å². The first-order valence-electron chi connectivity index (χ1n) is 21.6. The standard InChI is InChI=1S/C42H84NO8P/c1-6-8-10-12-14-16-18-20-21-23-25-27-29-31-33-35-42(45)51-40(39-50-52(46,47)49-37-36-43(3,4)5)38-48-41(44)34-32-30-28-26-24-22-19-17-15-13-11-9-7-2/h20-21,40-41,44H,6-19,22-39H2,1-5H3/p+1/t40-,41?/m1/s1. The van der Waals surface area contributed by atoms with Gasteiger partial charge in [-0.25, -0.2) is 4.57 Å². The average molecular weight is 763 g/mol. The number of rotatable bonds is 40. The van der Waals surface area contributed by atoms with E-state index in [-0.39, 0.29) is 26.2 Å². The first-order chi connectivity index (χ1) is 25.0. The van der Waals surface area contributed by atoms with E-state index >= 15 is 0 Å². The van der Waals surface area contributed by atoms with E-state index in [2.05, 4.69) is 26.0 Å². The van der Waals surface area contributed by atoms with Crippen molar-refractivity contribution in [1.29, 1.82) is 0 Å². The maximum Gasteiger partial charge on any atom is 0.472 e. The number of allylic oxidation sites excluding steroid dienone is 2. The minimum atomic E-state index is -4.35. The molecule has 2 unspecified atom stereocenters. The fraction of sp³-hybridized carbons (Fsp3) is 0.929. The van der Waals surface area contributed by atoms with Crippen LogP contribution in [0.1, 0.15) is 194 Å². The summed E-state index contributed by atoms with van der Waals surface area (Å²) in [5.74, 6) is -0.403. The molecule has 0 heterocycles. The predicted octanol–water partition coefficient (Wildman–Crippen LogP) is 11.6. The lowest BCUT2D eigenvalue weighted by Crippen LogP contribution is -2.37. The summed E-state index contributed by atoms with van der Waals surface area (Å²) in [6.45, 7) is 4.59. The zero-order valence-electron chi connectivity index (χ0n) is 34.7. The van der Waals surface area contributed by atoms with Gasteiger partial charge in [-0.1, -0.05) is 154 Å². The summed E-state index contributed by atoms with van der Waals surface area (Å²) in [6.07, 6.45) is 35.1. The molecule has 0 aliphatic carbocycles. The van der Waals surface area contributed by atoms with Gasteiger partial charge in [0.25, 0.3) is 0 Å². The number of unbranched alkanes of at least 4 members (excludes halogenated alkanes) is 23. The Kier molecular flexibility index (Phi) is 35.3. The smallest absolute Gasteiger partial charge is 0.457 e. The number of likely N-dealkylation sites (N-methyl/N-ethyl adjacent to an activating group) is 1. The monoisotopic (exact) mass is 763 g/mol. The third-order valence-electron chi connectivity index (χ3n) is 9.41. The molecule has 10 heteroatoms. The molecule has 9 nitrogen and oxygen atoms in total. The highest BCUT2D eigenvalue weighted by atomic mass is 31.2. The number of carbonyl (C=O) groups excluding carboxylic acids is 1. The number of carbonyl (C=O) groups is 1. The largest absolute Gasteiger partial charge is 0.472 e. The fourth-order valence-corrected chi connectivity index (χ4v) is 6.73. The van der Waals surface area contributed by atoms with Crippen molar-refractivity contribution in [2.45, 2.75) is 206 Å². The minimum Gasteiger partial charge on any atom is -0.457 e. The van der Waals surface area contributed by atoms with Gasteiger partial charge >= 0.3 is 13.8 Å². The van der Waals surface area contributed by atoms with E-state index in [1.807, 2.05) is 21.1 Å². The molecule has 0 bridgehead atoms. The Morgan fingerprint density at radius 2 is 1.08 bits per heavy atom. The van der Waals surface area contributed by atoms with Crippen LogP contribution < -0.4 is 0 Å². The second-order valence-corrected chi connectivity index (χ2v) is 17.3. The lowest BCUT2D eigenvalue weighted by molar-refractivity contribution is -0.870. The van der Waals surface area contributed by atoms with E-state index in [1.165, 1.54) is 109 Å². The van der Waals surface area contributed by atoms with E-state index in [4.69, 9.17) is 18.5 Å². The van der Waals surface area contributed by atoms with Crippen LogP contribution in [0, 0.1) is 0 Å². The number of nitrogens with zero attached hydrogens (tertiary/aromatic N) is 1. The van der Waals surface area contributed by atoms with E-state index < -0.39 is 26.2 Å². The highest BCUT2D eigenvalue weighted by molar-refractivity contribution is 7.47. The van der Waals surface area contributed by atoms with Gasteiger partial charge in [0.15, 0.2) is 6.29 Å². The fourth-order valence-electron chi connectivity index (χ4n) is 5.98. The quantitative estimate of drug-likeness (QED) is 0.0158. The topological polar surface area (TPSA) is 112 Å². The molecule has 0 aromatic carbocycles. The van der Waals surface area contributed by atoms with Crippen molar-refractivity contribution >= 4 is 13.8 Å². The normalized spacial score (nSPS) is 14.5. The molecular formula is C42H85NO8P+. The van der Waals surface area contributed by atoms with Crippen LogP contribution in [0.5, 0.6) is 0 Å². The lowest BCUT2D eigenvalue weighted by atomic mass is 10.0. The number of aliphatic hydroxyl groups is 1. The molecule has 2 N–H and O–H groups in total. The van der Waals surface area contributed by atoms with Crippen LogP contribution >= 0.6 is 7.82 Å². The summed E-state index contributed by atoms with van der Waals surface area (Å²) in [5.41, 5.74) is 0. The van der Waals surface area contributed by atoms with Crippen LogP contribution in [0.2, 0.25) is 0 Å². The van der Waals surface area contributed by atoms with E-state index in [9.17, 15) is 19.4 Å². The molecule has 0 saturated heterocycles. The van der Waals surface area contributed by atoms with Crippen molar-refractivity contribution in [2.75, 3.05) is 47.5 Å². The molecule has 52 heavy (non-hydrogen) atoms. The van der Waals surface area contributed by atoms with Gasteiger partial charge in [-0.15, -0.1) is 0 Å². The number of aliphatic hydroxyl groups excluding tert-OH is 1. The van der Waals surface area contributed by atoms with Gasteiger partial charge in [-0.05, 0) is 44.9 Å². The van der Waals surface area contributed by atoms with Crippen LogP contribution in [0.25, 0.3) is 0 Å². The number of hydrogen-bond donors (Lipinski definition) is 2. The van der Waals surface area contributed by atoms with Gasteiger partial charge < -0.3 is 24.0 Å². The summed E-state index contributed by atoms with van der Waals surface area (Å²) in [4.78, 5) is 22.9. The second kappa shape index (κ2) is 35.9. The van der Waals surface area contributed by atoms with E-state index in [0.717, 1.165) is 57.8 Å². The average Bonchev–Trinajstić information content (AvgIpc) is 3.09. The maximum atomic E-state index is 12.7. The highest BCUT2D eigenvalue weighted by Gasteiger charge is 2.26. The molecule has 0 aromatic heterocycles. The Morgan fingerprint density at radius 1 is 0.635 bits per heavy atom. The molecule has 310 valence electrons. The number of ether oxygens (including phenoxy) is 2. The van der Waals surface area contributed by atoms with Crippen molar-refractivity contribution in [3.05, 3.63) is 12.2 Å². The molecule has 0 fully saturated rings. The zero-order valence-corrected chi connectivity index (χ0v) is 35.6. The van der Waals surface area contributed by atoms with Crippen molar-refractivity contribution in [1.82, 2.24) is 0 Å². The predicted molar refractivity (Wildman–Crippen MR) is 216 cm³/mol. The number of phosphoric acid groups is 1. The Balaban J connectivity index is 4.37. The van der Waals surface area contributed by atoms with Gasteiger partial charge in [0.05, 0.1) is 34.4 Å². The first kappa shape index (κ1) is 51.2. The minimum absolute atomic E-state index is 0.0472. The molecule has 0 aliphatic rings. The highest BCUT2D eigenvalue weighted by Crippen LogP contribution is 2.43. The summed E-state index contributed by atoms with van der Waals surface area (Å²) in [6, 6.07) is 0. The Hall–Kier alpha value is -0.800. The van der Waals surface area contributed by atoms with Crippen LogP contribution in [0.3, 0.4) is 0 Å². The third-order valence-corrected chi connectivity index (χ3v) is 10.4. The molecule has 0 rings (SSSR count). The van der Waals surface area contributed by atoms with Gasteiger partial charge in [0.1, 0.15) is 19.3 Å². The van der Waals surface area contributed by atoms with Crippen LogP contribution in [0.4, 0.5) is 0 Å². The molecule has 3 atom stereocenters. The second-order valence-electron chi connectivity index (χ2n) is 15.9. The molecule has 0 amide bonds. The number of esters is 1. The summed E-state index contributed by atoms with van der Waals surface area (Å²) >= 11 is 0. The van der Waals surface area contributed by atoms with Crippen LogP contribution in [-0.4, -0.2) is 80.4 Å². The molecule has 0 aromatic rings. The maximum absolute atomic E-state index is 12.7. The SMILES string of the molecule is CCCCCCCCC=CCCCCCCCC(=O)O[C@H](COC(O)CCCCCCCCCCCCCCC)COP(=O)(O)OCC[N+](C)(C)C. The van der Waals surface area contributed by atoms with Crippen LogP contribution in [-0.2, 0) is 27.9 Å². The number of phosphoric ester groups is 1. The van der Waals surface area contributed by atoms with Gasteiger partial charge in [0, 0.05) is 6.42 Å². The number of quaternary nitrogens is 1. The third kappa shape index (κ3) is 38.9. The van der Waals surface area contributed by atoms with Crippen molar-refractivity contribution in [2.24, 2.45) is 0 Å². The Labute approximate surface area is 321 Å². The summed E-state index contributed by atoms with van der Waals surface area (Å²) in [7, 11) is 1.53. The zero-order chi connectivity index (χ0) is 38.6. The van der Waals surface area contributed by atoms with Gasteiger partial charge in [-0.2, -0.15) is 0 Å². The van der Waals surface area contributed by atoms with E-state index in [1.54, 1.807) is 0 Å².